The summed E-state index contributed by atoms with van der Waals surface area (Å²) in [5.74, 6) is 2.02. The molecule has 3 rings (SSSR count). The van der Waals surface area contributed by atoms with Gasteiger partial charge in [0.05, 0.1) is 6.54 Å². The van der Waals surface area contributed by atoms with Crippen LogP contribution in [0.1, 0.15) is 44.1 Å². The van der Waals surface area contributed by atoms with Gasteiger partial charge in [0.2, 0.25) is 11.8 Å². The first-order valence-electron chi connectivity index (χ1n) is 9.50. The zero-order valence-electron chi connectivity index (χ0n) is 14.7. The molecule has 2 amide bonds. The molecule has 0 heterocycles. The highest BCUT2D eigenvalue weighted by Crippen LogP contribution is 2.48. The molecule has 2 atom stereocenters. The first-order chi connectivity index (χ1) is 12.2. The van der Waals surface area contributed by atoms with Gasteiger partial charge in [-0.05, 0) is 35.8 Å². The Balaban J connectivity index is 1.29. The maximum atomic E-state index is 11.9. The molecule has 0 aliphatic heterocycles. The van der Waals surface area contributed by atoms with Crippen LogP contribution in [0.2, 0.25) is 0 Å². The summed E-state index contributed by atoms with van der Waals surface area (Å²) in [4.78, 5) is 23.6. The predicted molar refractivity (Wildman–Crippen MR) is 99.7 cm³/mol. The second-order valence-corrected chi connectivity index (χ2v) is 7.32. The van der Waals surface area contributed by atoms with Crippen molar-refractivity contribution in [2.75, 3.05) is 13.1 Å². The minimum absolute atomic E-state index is 0.0405. The molecule has 0 bridgehead atoms. The van der Waals surface area contributed by atoms with Crippen molar-refractivity contribution in [3.05, 3.63) is 42.0 Å². The van der Waals surface area contributed by atoms with Crippen LogP contribution < -0.4 is 10.6 Å². The van der Waals surface area contributed by atoms with Crippen molar-refractivity contribution in [1.82, 2.24) is 10.6 Å². The summed E-state index contributed by atoms with van der Waals surface area (Å²) in [7, 11) is 0. The van der Waals surface area contributed by atoms with Crippen LogP contribution in [0.25, 0.3) is 6.08 Å². The predicted octanol–water partition coefficient (Wildman–Crippen LogP) is 3.15. The Morgan fingerprint density at radius 2 is 1.80 bits per heavy atom. The van der Waals surface area contributed by atoms with E-state index in [1.165, 1.54) is 44.6 Å². The lowest BCUT2D eigenvalue weighted by atomic mass is 9.85. The van der Waals surface area contributed by atoms with Crippen LogP contribution in [0.15, 0.2) is 36.4 Å². The molecular weight excluding hydrogens is 312 g/mol. The Bertz CT molecular complexity index is 606. The molecule has 2 N–H and O–H groups in total. The molecule has 0 saturated heterocycles. The molecule has 1 aromatic rings. The molecule has 2 aliphatic rings. The standard InChI is InChI=1S/C21H28N2O2/c24-20(12-11-16-7-3-1-4-8-16)23-15-21(25)22-14-18-13-19(18)17-9-5-2-6-10-17/h1,3-4,7-8,11-12,17-19H,2,5-6,9-10,13-15H2,(H,22,25)(H,23,24)/b12-11+. The van der Waals surface area contributed by atoms with Gasteiger partial charge >= 0.3 is 0 Å². The molecule has 2 fully saturated rings. The van der Waals surface area contributed by atoms with Crippen LogP contribution in [0.4, 0.5) is 0 Å². The van der Waals surface area contributed by atoms with E-state index < -0.39 is 0 Å². The third-order valence-corrected chi connectivity index (χ3v) is 5.44. The maximum Gasteiger partial charge on any atom is 0.244 e. The van der Waals surface area contributed by atoms with E-state index >= 15 is 0 Å². The van der Waals surface area contributed by atoms with Crippen molar-refractivity contribution in [2.24, 2.45) is 17.8 Å². The molecule has 0 spiro atoms. The van der Waals surface area contributed by atoms with Gasteiger partial charge in [0.15, 0.2) is 0 Å². The number of hydrogen-bond donors (Lipinski definition) is 2. The van der Waals surface area contributed by atoms with Crippen molar-refractivity contribution in [3.8, 4) is 0 Å². The van der Waals surface area contributed by atoms with Crippen LogP contribution in [-0.2, 0) is 9.59 Å². The fourth-order valence-corrected chi connectivity index (χ4v) is 3.92. The van der Waals surface area contributed by atoms with Gasteiger partial charge in [-0.2, -0.15) is 0 Å². The van der Waals surface area contributed by atoms with Crippen LogP contribution in [-0.4, -0.2) is 24.9 Å². The maximum absolute atomic E-state index is 11.9. The Kier molecular flexibility index (Phi) is 6.26. The van der Waals surface area contributed by atoms with Gasteiger partial charge in [0.25, 0.3) is 0 Å². The van der Waals surface area contributed by atoms with Crippen LogP contribution in [0, 0.1) is 17.8 Å². The molecule has 4 nitrogen and oxygen atoms in total. The first kappa shape index (κ1) is 17.7. The third kappa shape index (κ3) is 5.73. The van der Waals surface area contributed by atoms with Gasteiger partial charge in [0, 0.05) is 12.6 Å². The molecular formula is C21H28N2O2. The zero-order chi connectivity index (χ0) is 17.5. The molecule has 25 heavy (non-hydrogen) atoms. The van der Waals surface area contributed by atoms with Crippen molar-refractivity contribution >= 4 is 17.9 Å². The van der Waals surface area contributed by atoms with E-state index in [4.69, 9.17) is 0 Å². The van der Waals surface area contributed by atoms with Crippen molar-refractivity contribution in [2.45, 2.75) is 38.5 Å². The lowest BCUT2D eigenvalue weighted by molar-refractivity contribution is -0.124. The number of benzene rings is 1. The molecule has 134 valence electrons. The van der Waals surface area contributed by atoms with Crippen LogP contribution in [0.3, 0.4) is 0 Å². The quantitative estimate of drug-likeness (QED) is 0.749. The SMILES string of the molecule is O=C(/C=C/c1ccccc1)NCC(=O)NCC1CC1C1CCCCC1. The van der Waals surface area contributed by atoms with Gasteiger partial charge in [-0.25, -0.2) is 0 Å². The first-order valence-corrected chi connectivity index (χ1v) is 9.50. The number of carbonyl (C=O) groups excluding carboxylic acids is 2. The van der Waals surface area contributed by atoms with E-state index in [0.29, 0.717) is 5.92 Å². The molecule has 0 aromatic heterocycles. The number of nitrogens with one attached hydrogen (secondary N) is 2. The lowest BCUT2D eigenvalue weighted by Crippen LogP contribution is -2.37. The minimum atomic E-state index is -0.245. The number of hydrogen-bond acceptors (Lipinski definition) is 2. The Labute approximate surface area is 150 Å². The fraction of sp³-hybridized carbons (Fsp3) is 0.524. The molecule has 2 unspecified atom stereocenters. The van der Waals surface area contributed by atoms with Crippen LogP contribution >= 0.6 is 0 Å². The van der Waals surface area contributed by atoms with Gasteiger partial charge in [-0.15, -0.1) is 0 Å². The van der Waals surface area contributed by atoms with Gasteiger partial charge in [-0.1, -0.05) is 62.4 Å². The third-order valence-electron chi connectivity index (χ3n) is 5.44. The van der Waals surface area contributed by atoms with Crippen molar-refractivity contribution in [3.63, 3.8) is 0 Å². The highest BCUT2D eigenvalue weighted by Gasteiger charge is 2.42. The molecule has 2 saturated carbocycles. The van der Waals surface area contributed by atoms with Crippen molar-refractivity contribution < 1.29 is 9.59 Å². The summed E-state index contributed by atoms with van der Waals surface area (Å²) in [6.07, 6.45) is 11.4. The molecule has 1 aromatic carbocycles. The summed E-state index contributed by atoms with van der Waals surface area (Å²) < 4.78 is 0. The Morgan fingerprint density at radius 3 is 2.56 bits per heavy atom. The van der Waals surface area contributed by atoms with Crippen LogP contribution in [0.5, 0.6) is 0 Å². The fourth-order valence-electron chi connectivity index (χ4n) is 3.92. The lowest BCUT2D eigenvalue weighted by Gasteiger charge is -2.21. The zero-order valence-corrected chi connectivity index (χ0v) is 14.7. The smallest absolute Gasteiger partial charge is 0.244 e. The highest BCUT2D eigenvalue weighted by molar-refractivity contribution is 5.94. The van der Waals surface area contributed by atoms with E-state index in [9.17, 15) is 9.59 Å². The normalized spacial score (nSPS) is 23.4. The average Bonchev–Trinajstić information content (AvgIpc) is 3.44. The topological polar surface area (TPSA) is 58.2 Å². The van der Waals surface area contributed by atoms with Crippen molar-refractivity contribution in [1.29, 1.82) is 0 Å². The highest BCUT2D eigenvalue weighted by atomic mass is 16.2. The summed E-state index contributed by atoms with van der Waals surface area (Å²) in [6.45, 7) is 0.800. The monoisotopic (exact) mass is 340 g/mol. The molecule has 0 radical (unpaired) electrons. The number of carbonyl (C=O) groups is 2. The largest absolute Gasteiger partial charge is 0.354 e. The minimum Gasteiger partial charge on any atom is -0.354 e. The van der Waals surface area contributed by atoms with E-state index in [1.54, 1.807) is 6.08 Å². The number of rotatable bonds is 7. The molecule has 4 heteroatoms. The summed E-state index contributed by atoms with van der Waals surface area (Å²) in [5.41, 5.74) is 0.963. The van der Waals surface area contributed by atoms with E-state index in [-0.39, 0.29) is 18.4 Å². The van der Waals surface area contributed by atoms with Gasteiger partial charge in [0.1, 0.15) is 0 Å². The summed E-state index contributed by atoms with van der Waals surface area (Å²) in [5, 5.41) is 5.60. The number of amides is 2. The van der Waals surface area contributed by atoms with E-state index in [2.05, 4.69) is 10.6 Å². The average molecular weight is 340 g/mol. The summed E-state index contributed by atoms with van der Waals surface area (Å²) in [6, 6.07) is 9.62. The molecule has 2 aliphatic carbocycles. The second kappa shape index (κ2) is 8.84. The van der Waals surface area contributed by atoms with E-state index in [0.717, 1.165) is 23.9 Å². The second-order valence-electron chi connectivity index (χ2n) is 7.32. The van der Waals surface area contributed by atoms with E-state index in [1.807, 2.05) is 30.3 Å². The van der Waals surface area contributed by atoms with Gasteiger partial charge in [-0.3, -0.25) is 9.59 Å². The Hall–Kier alpha value is -2.10. The Morgan fingerprint density at radius 1 is 1.04 bits per heavy atom. The summed E-state index contributed by atoms with van der Waals surface area (Å²) >= 11 is 0. The van der Waals surface area contributed by atoms with Gasteiger partial charge < -0.3 is 10.6 Å².